The monoisotopic (exact) mass is 514 g/mol. The number of rotatable bonds is 9. The zero-order chi connectivity index (χ0) is 19.8. The number of nitrogens with one attached hydrogen (secondary N) is 2. The molecule has 0 amide bonds. The highest BCUT2D eigenvalue weighted by Gasteiger charge is 2.17. The molecule has 8 nitrogen and oxygen atoms in total. The Morgan fingerprint density at radius 1 is 1.14 bits per heavy atom. The van der Waals surface area contributed by atoms with Gasteiger partial charge in [-0.05, 0) is 44.4 Å². The summed E-state index contributed by atoms with van der Waals surface area (Å²) in [7, 11) is 1.77. The van der Waals surface area contributed by atoms with Gasteiger partial charge >= 0.3 is 0 Å². The van der Waals surface area contributed by atoms with E-state index in [0.29, 0.717) is 19.8 Å². The van der Waals surface area contributed by atoms with Crippen LogP contribution in [0.2, 0.25) is 0 Å². The second-order valence-corrected chi connectivity index (χ2v) is 6.54. The van der Waals surface area contributed by atoms with Gasteiger partial charge in [0.05, 0.1) is 19.8 Å². The quantitative estimate of drug-likeness (QED) is 0.304. The van der Waals surface area contributed by atoms with Crippen molar-refractivity contribution in [3.8, 4) is 11.5 Å². The Kier molecular flexibility index (Phi) is 9.49. The highest BCUT2D eigenvalue weighted by atomic mass is 127. The van der Waals surface area contributed by atoms with Gasteiger partial charge in [-0.2, -0.15) is 0 Å². The molecule has 0 aliphatic carbocycles. The van der Waals surface area contributed by atoms with Gasteiger partial charge in [0.2, 0.25) is 0 Å². The van der Waals surface area contributed by atoms with Gasteiger partial charge in [-0.3, -0.25) is 4.99 Å². The Hall–Kier alpha value is -2.04. The van der Waals surface area contributed by atoms with Crippen LogP contribution >= 0.6 is 24.0 Å². The summed E-state index contributed by atoms with van der Waals surface area (Å²) in [5.41, 5.74) is 1.19. The molecule has 0 saturated carbocycles. The van der Waals surface area contributed by atoms with E-state index in [2.05, 4.69) is 36.5 Å². The number of fused-ring (bicyclic) bond motifs is 1. The number of aryl methyl sites for hydroxylation is 1. The molecule has 1 aromatic carbocycles. The van der Waals surface area contributed by atoms with Crippen molar-refractivity contribution in [1.29, 1.82) is 0 Å². The Morgan fingerprint density at radius 2 is 1.93 bits per heavy atom. The third-order valence-electron chi connectivity index (χ3n) is 4.64. The molecule has 1 aliphatic rings. The van der Waals surface area contributed by atoms with E-state index < -0.39 is 0 Å². The first kappa shape index (κ1) is 23.2. The standard InChI is InChI=1S/C20H30N6O2.HI/c1-4-27-16-9-8-15(13-17(16)28-5-2)10-11-22-20(21-3)23-14-19-25-24-18-7-6-12-26(18)19;/h8-9,13H,4-7,10-12,14H2,1-3H3,(H2,21,22,23);1H. The number of aromatic nitrogens is 3. The topological polar surface area (TPSA) is 85.6 Å². The lowest BCUT2D eigenvalue weighted by Gasteiger charge is -2.14. The highest BCUT2D eigenvalue weighted by molar-refractivity contribution is 14.0. The van der Waals surface area contributed by atoms with Crippen molar-refractivity contribution in [3.63, 3.8) is 0 Å². The van der Waals surface area contributed by atoms with Gasteiger partial charge in [0.1, 0.15) is 5.82 Å². The molecule has 0 radical (unpaired) electrons. The van der Waals surface area contributed by atoms with Crippen molar-refractivity contribution in [2.24, 2.45) is 4.99 Å². The average molecular weight is 514 g/mol. The number of guanidine groups is 1. The van der Waals surface area contributed by atoms with Crippen LogP contribution in [-0.4, -0.2) is 47.5 Å². The average Bonchev–Trinajstić information content (AvgIpc) is 3.31. The molecule has 0 atom stereocenters. The van der Waals surface area contributed by atoms with Crippen LogP contribution < -0.4 is 20.1 Å². The third kappa shape index (κ3) is 6.22. The summed E-state index contributed by atoms with van der Waals surface area (Å²) in [5, 5.41) is 15.2. The summed E-state index contributed by atoms with van der Waals surface area (Å²) >= 11 is 0. The van der Waals surface area contributed by atoms with E-state index in [1.165, 1.54) is 5.56 Å². The van der Waals surface area contributed by atoms with Gasteiger partial charge in [-0.15, -0.1) is 34.2 Å². The van der Waals surface area contributed by atoms with E-state index in [1.807, 2.05) is 26.0 Å². The van der Waals surface area contributed by atoms with Crippen LogP contribution in [0.1, 0.15) is 37.5 Å². The van der Waals surface area contributed by atoms with E-state index in [1.54, 1.807) is 7.05 Å². The minimum atomic E-state index is 0. The van der Waals surface area contributed by atoms with Crippen LogP contribution in [0.4, 0.5) is 0 Å². The first-order valence-electron chi connectivity index (χ1n) is 9.99. The maximum atomic E-state index is 5.70. The molecule has 0 bridgehead atoms. The summed E-state index contributed by atoms with van der Waals surface area (Å²) in [5.74, 6) is 4.39. The number of nitrogens with zero attached hydrogens (tertiary/aromatic N) is 4. The molecule has 9 heteroatoms. The summed E-state index contributed by atoms with van der Waals surface area (Å²) in [6, 6.07) is 6.10. The Balaban J connectivity index is 0.00000300. The van der Waals surface area contributed by atoms with Crippen molar-refractivity contribution in [1.82, 2.24) is 25.4 Å². The normalized spacial score (nSPS) is 12.9. The van der Waals surface area contributed by atoms with E-state index in [-0.39, 0.29) is 24.0 Å². The van der Waals surface area contributed by atoms with Gasteiger partial charge < -0.3 is 24.7 Å². The molecule has 29 heavy (non-hydrogen) atoms. The second-order valence-electron chi connectivity index (χ2n) is 6.54. The van der Waals surface area contributed by atoms with E-state index in [4.69, 9.17) is 9.47 Å². The van der Waals surface area contributed by atoms with E-state index in [0.717, 1.165) is 61.5 Å². The molecule has 2 N–H and O–H groups in total. The molecule has 0 unspecified atom stereocenters. The zero-order valence-corrected chi connectivity index (χ0v) is 19.7. The largest absolute Gasteiger partial charge is 0.490 e. The van der Waals surface area contributed by atoms with Crippen molar-refractivity contribution in [2.45, 2.75) is 46.2 Å². The van der Waals surface area contributed by atoms with Crippen molar-refractivity contribution in [2.75, 3.05) is 26.8 Å². The number of benzene rings is 1. The molecule has 0 spiro atoms. The molecule has 0 saturated heterocycles. The smallest absolute Gasteiger partial charge is 0.191 e. The van der Waals surface area contributed by atoms with Gasteiger partial charge in [0.25, 0.3) is 0 Å². The lowest BCUT2D eigenvalue weighted by atomic mass is 10.1. The summed E-state index contributed by atoms with van der Waals surface area (Å²) < 4.78 is 13.5. The van der Waals surface area contributed by atoms with Crippen molar-refractivity contribution < 1.29 is 9.47 Å². The van der Waals surface area contributed by atoms with Gasteiger partial charge in [-0.25, -0.2) is 0 Å². The molecular weight excluding hydrogens is 483 g/mol. The maximum Gasteiger partial charge on any atom is 0.191 e. The number of hydrogen-bond donors (Lipinski definition) is 2. The molecule has 1 aromatic heterocycles. The number of ether oxygens (including phenoxy) is 2. The predicted molar refractivity (Wildman–Crippen MR) is 124 cm³/mol. The summed E-state index contributed by atoms with van der Waals surface area (Å²) in [6.07, 6.45) is 3.02. The van der Waals surface area contributed by atoms with Crippen LogP contribution in [0.15, 0.2) is 23.2 Å². The molecule has 160 valence electrons. The molecule has 2 heterocycles. The fraction of sp³-hybridized carbons (Fsp3) is 0.550. The molecular formula is C20H31IN6O2. The Morgan fingerprint density at radius 3 is 2.69 bits per heavy atom. The predicted octanol–water partition coefficient (Wildman–Crippen LogP) is 2.55. The number of halogens is 1. The van der Waals surface area contributed by atoms with Crippen LogP contribution in [-0.2, 0) is 25.9 Å². The maximum absolute atomic E-state index is 5.70. The first-order chi connectivity index (χ1) is 13.7. The van der Waals surface area contributed by atoms with E-state index in [9.17, 15) is 0 Å². The highest BCUT2D eigenvalue weighted by Crippen LogP contribution is 2.28. The zero-order valence-electron chi connectivity index (χ0n) is 17.4. The second kappa shape index (κ2) is 11.8. The molecule has 0 fully saturated rings. The van der Waals surface area contributed by atoms with Crippen LogP contribution in [0.3, 0.4) is 0 Å². The summed E-state index contributed by atoms with van der Waals surface area (Å²) in [6.45, 7) is 7.57. The third-order valence-corrected chi connectivity index (χ3v) is 4.64. The Labute approximate surface area is 189 Å². The van der Waals surface area contributed by atoms with Crippen LogP contribution in [0.5, 0.6) is 11.5 Å². The minimum absolute atomic E-state index is 0. The van der Waals surface area contributed by atoms with E-state index >= 15 is 0 Å². The Bertz CT molecular complexity index is 808. The minimum Gasteiger partial charge on any atom is -0.490 e. The fourth-order valence-corrected chi connectivity index (χ4v) is 3.30. The lowest BCUT2D eigenvalue weighted by Crippen LogP contribution is -2.38. The van der Waals surface area contributed by atoms with Crippen molar-refractivity contribution >= 4 is 29.9 Å². The van der Waals surface area contributed by atoms with Crippen LogP contribution in [0, 0.1) is 0 Å². The number of aliphatic imine (C=N–C) groups is 1. The summed E-state index contributed by atoms with van der Waals surface area (Å²) in [4.78, 5) is 4.29. The van der Waals surface area contributed by atoms with Crippen LogP contribution in [0.25, 0.3) is 0 Å². The molecule has 3 rings (SSSR count). The van der Waals surface area contributed by atoms with Gasteiger partial charge in [-0.1, -0.05) is 6.07 Å². The lowest BCUT2D eigenvalue weighted by molar-refractivity contribution is 0.287. The fourth-order valence-electron chi connectivity index (χ4n) is 3.30. The SMILES string of the molecule is CCOc1ccc(CCNC(=NC)NCc2nnc3n2CCC3)cc1OCC.I. The van der Waals surface area contributed by atoms with Gasteiger partial charge in [0.15, 0.2) is 23.3 Å². The molecule has 2 aromatic rings. The van der Waals surface area contributed by atoms with Gasteiger partial charge in [0, 0.05) is 26.6 Å². The van der Waals surface area contributed by atoms with Crippen molar-refractivity contribution in [3.05, 3.63) is 35.4 Å². The first-order valence-corrected chi connectivity index (χ1v) is 9.99. The molecule has 1 aliphatic heterocycles. The number of hydrogen-bond acceptors (Lipinski definition) is 5.